The SMILES string of the molecule is NC(C(=O)O)c1ncccn1. The zero-order chi connectivity index (χ0) is 8.27. The third-order valence-electron chi connectivity index (χ3n) is 1.13. The Morgan fingerprint density at radius 3 is 2.55 bits per heavy atom. The molecule has 0 amide bonds. The van der Waals surface area contributed by atoms with Crippen molar-refractivity contribution in [1.29, 1.82) is 0 Å². The molecule has 1 rings (SSSR count). The monoisotopic (exact) mass is 153 g/mol. The molecule has 1 aromatic heterocycles. The van der Waals surface area contributed by atoms with E-state index in [2.05, 4.69) is 9.97 Å². The van der Waals surface area contributed by atoms with Crippen LogP contribution in [0.1, 0.15) is 11.9 Å². The highest BCUT2D eigenvalue weighted by molar-refractivity contribution is 5.73. The Bertz CT molecular complexity index is 249. The van der Waals surface area contributed by atoms with Crippen molar-refractivity contribution in [2.24, 2.45) is 5.73 Å². The molecular formula is C6H7N3O2. The van der Waals surface area contributed by atoms with Crippen LogP contribution in [0.3, 0.4) is 0 Å². The van der Waals surface area contributed by atoms with Gasteiger partial charge >= 0.3 is 5.97 Å². The fourth-order valence-electron chi connectivity index (χ4n) is 0.582. The molecule has 5 heteroatoms. The van der Waals surface area contributed by atoms with Gasteiger partial charge < -0.3 is 10.8 Å². The maximum atomic E-state index is 10.3. The Kier molecular flexibility index (Phi) is 2.12. The predicted octanol–water partition coefficient (Wildman–Crippen LogP) is -0.439. The third kappa shape index (κ3) is 1.71. The molecule has 0 spiro atoms. The molecule has 0 aliphatic rings. The highest BCUT2D eigenvalue weighted by Crippen LogP contribution is 2.00. The highest BCUT2D eigenvalue weighted by Gasteiger charge is 2.15. The lowest BCUT2D eigenvalue weighted by atomic mass is 10.3. The lowest BCUT2D eigenvalue weighted by Crippen LogP contribution is -2.22. The first-order chi connectivity index (χ1) is 5.22. The van der Waals surface area contributed by atoms with Crippen molar-refractivity contribution in [2.75, 3.05) is 0 Å². The van der Waals surface area contributed by atoms with Crippen molar-refractivity contribution >= 4 is 5.97 Å². The Morgan fingerprint density at radius 1 is 1.55 bits per heavy atom. The molecule has 0 fully saturated rings. The zero-order valence-electron chi connectivity index (χ0n) is 5.64. The van der Waals surface area contributed by atoms with Gasteiger partial charge in [-0.15, -0.1) is 0 Å². The van der Waals surface area contributed by atoms with Gasteiger partial charge in [-0.3, -0.25) is 4.79 Å². The molecular weight excluding hydrogens is 146 g/mol. The van der Waals surface area contributed by atoms with Gasteiger partial charge in [0.05, 0.1) is 0 Å². The minimum absolute atomic E-state index is 0.125. The number of aliphatic carboxylic acids is 1. The first-order valence-electron chi connectivity index (χ1n) is 2.97. The van der Waals surface area contributed by atoms with Crippen molar-refractivity contribution < 1.29 is 9.90 Å². The summed E-state index contributed by atoms with van der Waals surface area (Å²) < 4.78 is 0. The van der Waals surface area contributed by atoms with Gasteiger partial charge in [-0.05, 0) is 6.07 Å². The third-order valence-corrected chi connectivity index (χ3v) is 1.13. The minimum atomic E-state index is -1.13. The highest BCUT2D eigenvalue weighted by atomic mass is 16.4. The summed E-state index contributed by atoms with van der Waals surface area (Å²) in [4.78, 5) is 17.7. The van der Waals surface area contributed by atoms with Gasteiger partial charge in [-0.2, -0.15) is 0 Å². The van der Waals surface area contributed by atoms with Gasteiger partial charge in [0.25, 0.3) is 0 Å². The number of hydrogen-bond acceptors (Lipinski definition) is 4. The van der Waals surface area contributed by atoms with E-state index in [1.165, 1.54) is 12.4 Å². The summed E-state index contributed by atoms with van der Waals surface area (Å²) in [7, 11) is 0. The average molecular weight is 153 g/mol. The fourth-order valence-corrected chi connectivity index (χ4v) is 0.582. The average Bonchev–Trinajstić information content (AvgIpc) is 2.05. The largest absolute Gasteiger partial charge is 0.480 e. The Labute approximate surface area is 62.9 Å². The second-order valence-corrected chi connectivity index (χ2v) is 1.92. The van der Waals surface area contributed by atoms with Crippen LogP contribution in [0.2, 0.25) is 0 Å². The van der Waals surface area contributed by atoms with E-state index in [1.54, 1.807) is 6.07 Å². The molecule has 1 unspecified atom stereocenters. The van der Waals surface area contributed by atoms with Crippen LogP contribution in [0, 0.1) is 0 Å². The molecule has 0 bridgehead atoms. The van der Waals surface area contributed by atoms with Crippen LogP contribution in [0.15, 0.2) is 18.5 Å². The smallest absolute Gasteiger partial charge is 0.328 e. The summed E-state index contributed by atoms with van der Waals surface area (Å²) in [5, 5.41) is 8.43. The van der Waals surface area contributed by atoms with Crippen molar-refractivity contribution in [3.05, 3.63) is 24.3 Å². The normalized spacial score (nSPS) is 12.5. The number of nitrogens with two attached hydrogens (primary N) is 1. The lowest BCUT2D eigenvalue weighted by Gasteiger charge is -2.01. The molecule has 0 saturated heterocycles. The molecule has 3 N–H and O–H groups in total. The van der Waals surface area contributed by atoms with Crippen LogP contribution in [0.4, 0.5) is 0 Å². The van der Waals surface area contributed by atoms with Gasteiger partial charge in [0.1, 0.15) is 0 Å². The van der Waals surface area contributed by atoms with Gasteiger partial charge in [-0.25, -0.2) is 9.97 Å². The van der Waals surface area contributed by atoms with Crippen LogP contribution >= 0.6 is 0 Å². The number of carboxylic acids is 1. The standard InChI is InChI=1S/C6H7N3O2/c7-4(6(10)11)5-8-2-1-3-9-5/h1-4H,7H2,(H,10,11). The molecule has 1 atom stereocenters. The van der Waals surface area contributed by atoms with E-state index in [0.29, 0.717) is 0 Å². The summed E-state index contributed by atoms with van der Waals surface area (Å²) >= 11 is 0. The van der Waals surface area contributed by atoms with Gasteiger partial charge in [0, 0.05) is 12.4 Å². The van der Waals surface area contributed by atoms with E-state index in [1.807, 2.05) is 0 Å². The van der Waals surface area contributed by atoms with Gasteiger partial charge in [0.15, 0.2) is 11.9 Å². The van der Waals surface area contributed by atoms with Crippen LogP contribution in [-0.4, -0.2) is 21.0 Å². The van der Waals surface area contributed by atoms with E-state index in [0.717, 1.165) is 0 Å². The van der Waals surface area contributed by atoms with Crippen molar-refractivity contribution in [3.8, 4) is 0 Å². The fraction of sp³-hybridized carbons (Fsp3) is 0.167. The molecule has 11 heavy (non-hydrogen) atoms. The second kappa shape index (κ2) is 3.07. The summed E-state index contributed by atoms with van der Waals surface area (Å²) in [5.74, 6) is -1.00. The molecule has 0 aliphatic heterocycles. The van der Waals surface area contributed by atoms with Crippen LogP contribution < -0.4 is 5.73 Å². The van der Waals surface area contributed by atoms with Crippen molar-refractivity contribution in [1.82, 2.24) is 9.97 Å². The molecule has 0 aliphatic carbocycles. The van der Waals surface area contributed by atoms with Crippen LogP contribution in [0.25, 0.3) is 0 Å². The molecule has 5 nitrogen and oxygen atoms in total. The quantitative estimate of drug-likeness (QED) is 0.601. The Hall–Kier alpha value is -1.49. The summed E-state index contributed by atoms with van der Waals surface area (Å²) in [6, 6.07) is 0.467. The topological polar surface area (TPSA) is 89.1 Å². The predicted molar refractivity (Wildman–Crippen MR) is 36.6 cm³/mol. The Balaban J connectivity index is 2.85. The summed E-state index contributed by atoms with van der Waals surface area (Å²) in [6.07, 6.45) is 2.90. The van der Waals surface area contributed by atoms with Gasteiger partial charge in [-0.1, -0.05) is 0 Å². The molecule has 0 saturated carbocycles. The molecule has 0 aromatic carbocycles. The number of hydrogen-bond donors (Lipinski definition) is 2. The van der Waals surface area contributed by atoms with Crippen molar-refractivity contribution in [2.45, 2.75) is 6.04 Å². The van der Waals surface area contributed by atoms with E-state index >= 15 is 0 Å². The lowest BCUT2D eigenvalue weighted by molar-refractivity contribution is -0.138. The van der Waals surface area contributed by atoms with E-state index in [-0.39, 0.29) is 5.82 Å². The number of nitrogens with zero attached hydrogens (tertiary/aromatic N) is 2. The van der Waals surface area contributed by atoms with Crippen molar-refractivity contribution in [3.63, 3.8) is 0 Å². The molecule has 1 aromatic rings. The zero-order valence-corrected chi connectivity index (χ0v) is 5.64. The summed E-state index contributed by atoms with van der Waals surface area (Å²) in [5.41, 5.74) is 5.21. The summed E-state index contributed by atoms with van der Waals surface area (Å²) in [6.45, 7) is 0. The maximum absolute atomic E-state index is 10.3. The number of carboxylic acid groups (broad SMARTS) is 1. The number of carbonyl (C=O) groups is 1. The molecule has 58 valence electrons. The number of aromatic nitrogens is 2. The Morgan fingerprint density at radius 2 is 2.09 bits per heavy atom. The minimum Gasteiger partial charge on any atom is -0.480 e. The first-order valence-corrected chi connectivity index (χ1v) is 2.97. The number of rotatable bonds is 2. The second-order valence-electron chi connectivity index (χ2n) is 1.92. The molecule has 1 heterocycles. The first kappa shape index (κ1) is 7.62. The van der Waals surface area contributed by atoms with Crippen LogP contribution in [-0.2, 0) is 4.79 Å². The molecule has 0 radical (unpaired) electrons. The maximum Gasteiger partial charge on any atom is 0.328 e. The van der Waals surface area contributed by atoms with E-state index in [4.69, 9.17) is 10.8 Å². The van der Waals surface area contributed by atoms with E-state index in [9.17, 15) is 4.79 Å². The van der Waals surface area contributed by atoms with E-state index < -0.39 is 12.0 Å². The van der Waals surface area contributed by atoms with Crippen LogP contribution in [0.5, 0.6) is 0 Å². The van der Waals surface area contributed by atoms with Gasteiger partial charge in [0.2, 0.25) is 0 Å².